The van der Waals surface area contributed by atoms with Crippen LogP contribution in [0.25, 0.3) is 6.08 Å². The van der Waals surface area contributed by atoms with E-state index in [2.05, 4.69) is 4.90 Å². The zero-order chi connectivity index (χ0) is 13.0. The third kappa shape index (κ3) is 3.40. The largest absolute Gasteiger partial charge is 0.369 e. The van der Waals surface area contributed by atoms with Crippen molar-refractivity contribution in [3.8, 4) is 0 Å². The molecule has 1 aromatic rings. The quantitative estimate of drug-likeness (QED) is 0.880. The molecule has 4 heteroatoms. The predicted octanol–water partition coefficient (Wildman–Crippen LogP) is 1.65. The summed E-state index contributed by atoms with van der Waals surface area (Å²) < 4.78 is 12.7. The molecular weight excluding hydrogens is 231 g/mol. The van der Waals surface area contributed by atoms with Gasteiger partial charge in [0, 0.05) is 13.1 Å². The summed E-state index contributed by atoms with van der Waals surface area (Å²) in [6.07, 6.45) is 4.83. The molecule has 3 nitrogen and oxygen atoms in total. The summed E-state index contributed by atoms with van der Waals surface area (Å²) in [7, 11) is 0. The molecule has 1 aliphatic rings. The van der Waals surface area contributed by atoms with Crippen molar-refractivity contribution < 1.29 is 9.18 Å². The minimum atomic E-state index is -0.226. The number of hydrogen-bond acceptors (Lipinski definition) is 2. The van der Waals surface area contributed by atoms with E-state index in [0.717, 1.165) is 31.6 Å². The van der Waals surface area contributed by atoms with Gasteiger partial charge in [0.2, 0.25) is 5.91 Å². The number of nitrogens with two attached hydrogens (primary N) is 1. The zero-order valence-corrected chi connectivity index (χ0v) is 10.2. The van der Waals surface area contributed by atoms with E-state index >= 15 is 0 Å². The first kappa shape index (κ1) is 12.8. The Balaban J connectivity index is 1.82. The van der Waals surface area contributed by atoms with Gasteiger partial charge in [0.05, 0.1) is 5.92 Å². The fourth-order valence-electron chi connectivity index (χ4n) is 2.14. The second-order valence-corrected chi connectivity index (χ2v) is 4.60. The van der Waals surface area contributed by atoms with Crippen LogP contribution in [0.4, 0.5) is 4.39 Å². The molecule has 18 heavy (non-hydrogen) atoms. The number of likely N-dealkylation sites (tertiary alicyclic amines) is 1. The second-order valence-electron chi connectivity index (χ2n) is 4.60. The van der Waals surface area contributed by atoms with Gasteiger partial charge in [0.15, 0.2) is 0 Å². The number of nitrogens with zero attached hydrogens (tertiary/aromatic N) is 1. The van der Waals surface area contributed by atoms with Crippen LogP contribution in [0.2, 0.25) is 0 Å². The molecule has 0 aliphatic carbocycles. The molecule has 1 atom stereocenters. The van der Waals surface area contributed by atoms with E-state index in [4.69, 9.17) is 5.73 Å². The fraction of sp³-hybridized carbons (Fsp3) is 0.357. The van der Waals surface area contributed by atoms with E-state index in [1.807, 2.05) is 12.2 Å². The van der Waals surface area contributed by atoms with E-state index in [1.54, 1.807) is 12.1 Å². The van der Waals surface area contributed by atoms with Crippen LogP contribution in [0.5, 0.6) is 0 Å². The maximum absolute atomic E-state index is 12.7. The predicted molar refractivity (Wildman–Crippen MR) is 69.2 cm³/mol. The highest BCUT2D eigenvalue weighted by atomic mass is 19.1. The van der Waals surface area contributed by atoms with Crippen LogP contribution >= 0.6 is 0 Å². The van der Waals surface area contributed by atoms with Crippen molar-refractivity contribution in [1.82, 2.24) is 4.90 Å². The number of benzene rings is 1. The second kappa shape index (κ2) is 5.78. The maximum Gasteiger partial charge on any atom is 0.221 e. The molecular formula is C14H17FN2O. The smallest absolute Gasteiger partial charge is 0.221 e. The molecule has 0 unspecified atom stereocenters. The van der Waals surface area contributed by atoms with E-state index < -0.39 is 0 Å². The molecule has 0 aromatic heterocycles. The lowest BCUT2D eigenvalue weighted by atomic mass is 10.1. The van der Waals surface area contributed by atoms with Gasteiger partial charge in [-0.15, -0.1) is 0 Å². The Hall–Kier alpha value is -1.68. The average molecular weight is 248 g/mol. The molecule has 0 radical (unpaired) electrons. The summed E-state index contributed by atoms with van der Waals surface area (Å²) in [5.41, 5.74) is 6.25. The van der Waals surface area contributed by atoms with E-state index in [0.29, 0.717) is 0 Å². The Bertz CT molecular complexity index is 442. The Kier molecular flexibility index (Phi) is 4.10. The summed E-state index contributed by atoms with van der Waals surface area (Å²) in [5.74, 6) is -0.444. The molecule has 2 rings (SSSR count). The lowest BCUT2D eigenvalue weighted by molar-refractivity contribution is -0.121. The monoisotopic (exact) mass is 248 g/mol. The van der Waals surface area contributed by atoms with Crippen molar-refractivity contribution in [3.05, 3.63) is 41.7 Å². The first-order valence-corrected chi connectivity index (χ1v) is 6.09. The fourth-order valence-corrected chi connectivity index (χ4v) is 2.14. The first-order valence-electron chi connectivity index (χ1n) is 6.09. The van der Waals surface area contributed by atoms with Gasteiger partial charge >= 0.3 is 0 Å². The Labute approximate surface area is 106 Å². The average Bonchev–Trinajstić information content (AvgIpc) is 2.81. The van der Waals surface area contributed by atoms with Crippen molar-refractivity contribution in [2.75, 3.05) is 19.6 Å². The van der Waals surface area contributed by atoms with Crippen LogP contribution in [0.15, 0.2) is 30.3 Å². The van der Waals surface area contributed by atoms with Crippen molar-refractivity contribution in [2.24, 2.45) is 11.7 Å². The highest BCUT2D eigenvalue weighted by Crippen LogP contribution is 2.15. The van der Waals surface area contributed by atoms with Crippen molar-refractivity contribution in [2.45, 2.75) is 6.42 Å². The van der Waals surface area contributed by atoms with Crippen molar-refractivity contribution >= 4 is 12.0 Å². The summed E-state index contributed by atoms with van der Waals surface area (Å²) >= 11 is 0. The van der Waals surface area contributed by atoms with Crippen LogP contribution in [0.1, 0.15) is 12.0 Å². The van der Waals surface area contributed by atoms with Gasteiger partial charge in [-0.2, -0.15) is 0 Å². The molecule has 0 spiro atoms. The molecule has 1 aliphatic heterocycles. The van der Waals surface area contributed by atoms with E-state index in [1.165, 1.54) is 12.1 Å². The van der Waals surface area contributed by atoms with Gasteiger partial charge in [0.1, 0.15) is 5.82 Å². The molecule has 2 N–H and O–H groups in total. The summed E-state index contributed by atoms with van der Waals surface area (Å²) in [6.45, 7) is 2.44. The highest BCUT2D eigenvalue weighted by Gasteiger charge is 2.25. The van der Waals surface area contributed by atoms with Gasteiger partial charge in [-0.05, 0) is 30.7 Å². The molecule has 1 aromatic carbocycles. The van der Waals surface area contributed by atoms with Gasteiger partial charge in [-0.25, -0.2) is 4.39 Å². The Morgan fingerprint density at radius 3 is 2.78 bits per heavy atom. The zero-order valence-electron chi connectivity index (χ0n) is 10.2. The number of carbonyl (C=O) groups excluding carboxylic acids is 1. The molecule has 1 fully saturated rings. The van der Waals surface area contributed by atoms with Gasteiger partial charge in [-0.3, -0.25) is 9.69 Å². The SMILES string of the molecule is NC(=O)[C@@H]1CCN(C/C=C/c2ccc(F)cc2)C1. The molecule has 1 saturated heterocycles. The third-order valence-electron chi connectivity index (χ3n) is 3.22. The molecule has 96 valence electrons. The number of amides is 1. The third-order valence-corrected chi connectivity index (χ3v) is 3.22. The minimum Gasteiger partial charge on any atom is -0.369 e. The topological polar surface area (TPSA) is 46.3 Å². The van der Waals surface area contributed by atoms with Crippen LogP contribution in [-0.4, -0.2) is 30.4 Å². The van der Waals surface area contributed by atoms with Gasteiger partial charge in [-0.1, -0.05) is 24.3 Å². The normalized spacial score (nSPS) is 20.6. The van der Waals surface area contributed by atoms with E-state index in [-0.39, 0.29) is 17.6 Å². The molecule has 1 heterocycles. The van der Waals surface area contributed by atoms with Gasteiger partial charge < -0.3 is 5.73 Å². The summed E-state index contributed by atoms with van der Waals surface area (Å²) in [5, 5.41) is 0. The van der Waals surface area contributed by atoms with Crippen LogP contribution < -0.4 is 5.73 Å². The van der Waals surface area contributed by atoms with E-state index in [9.17, 15) is 9.18 Å². The summed E-state index contributed by atoms with van der Waals surface area (Å²) in [4.78, 5) is 13.2. The number of carbonyl (C=O) groups is 1. The lowest BCUT2D eigenvalue weighted by Crippen LogP contribution is -2.27. The van der Waals surface area contributed by atoms with Crippen LogP contribution in [-0.2, 0) is 4.79 Å². The molecule has 1 amide bonds. The minimum absolute atomic E-state index is 0.00998. The maximum atomic E-state index is 12.7. The van der Waals surface area contributed by atoms with Crippen LogP contribution in [0, 0.1) is 11.7 Å². The van der Waals surface area contributed by atoms with Crippen molar-refractivity contribution in [1.29, 1.82) is 0 Å². The summed E-state index contributed by atoms with van der Waals surface area (Å²) in [6, 6.07) is 6.36. The molecule has 0 saturated carbocycles. The van der Waals surface area contributed by atoms with Crippen molar-refractivity contribution in [3.63, 3.8) is 0 Å². The Morgan fingerprint density at radius 1 is 1.44 bits per heavy atom. The standard InChI is InChI=1S/C14H17FN2O/c15-13-5-3-11(4-6-13)2-1-8-17-9-7-12(10-17)14(16)18/h1-6,12H,7-10H2,(H2,16,18)/b2-1+/t12-/m1/s1. The highest BCUT2D eigenvalue weighted by molar-refractivity contribution is 5.77. The van der Waals surface area contributed by atoms with Crippen LogP contribution in [0.3, 0.4) is 0 Å². The first-order chi connectivity index (χ1) is 8.65. The number of halogens is 1. The lowest BCUT2D eigenvalue weighted by Gasteiger charge is -2.11. The number of primary amides is 1. The van der Waals surface area contributed by atoms with Gasteiger partial charge in [0.25, 0.3) is 0 Å². The Morgan fingerprint density at radius 2 is 2.17 bits per heavy atom. The number of hydrogen-bond donors (Lipinski definition) is 1. The number of rotatable bonds is 4. The molecule has 0 bridgehead atoms.